The minimum atomic E-state index is -0.999. The van der Waals surface area contributed by atoms with Gasteiger partial charge >= 0.3 is 12.1 Å². The van der Waals surface area contributed by atoms with Crippen LogP contribution < -0.4 is 0 Å². The van der Waals surface area contributed by atoms with Gasteiger partial charge in [0.1, 0.15) is 6.61 Å². The van der Waals surface area contributed by atoms with Crippen LogP contribution in [0, 0.1) is 5.41 Å². The van der Waals surface area contributed by atoms with E-state index in [1.165, 1.54) is 11.9 Å². The van der Waals surface area contributed by atoms with Crippen LogP contribution in [0.25, 0.3) is 0 Å². The number of carbonyl (C=O) groups is 2. The van der Waals surface area contributed by atoms with E-state index < -0.39 is 17.5 Å². The fourth-order valence-electron chi connectivity index (χ4n) is 1.55. The molecule has 0 unspecified atom stereocenters. The van der Waals surface area contributed by atoms with E-state index in [2.05, 4.69) is 0 Å². The average molecular weight is 265 g/mol. The summed E-state index contributed by atoms with van der Waals surface area (Å²) in [7, 11) is 1.53. The molecule has 1 N–H and O–H groups in total. The molecule has 1 aromatic carbocycles. The first-order chi connectivity index (χ1) is 8.83. The summed E-state index contributed by atoms with van der Waals surface area (Å²) in [5, 5.41) is 9.00. The highest BCUT2D eigenvalue weighted by atomic mass is 16.6. The smallest absolute Gasteiger partial charge is 0.409 e. The summed E-state index contributed by atoms with van der Waals surface area (Å²) in [6, 6.07) is 9.32. The van der Waals surface area contributed by atoms with Crippen LogP contribution in [0.5, 0.6) is 0 Å². The largest absolute Gasteiger partial charge is 0.481 e. The van der Waals surface area contributed by atoms with Crippen molar-refractivity contribution >= 4 is 12.1 Å². The molecule has 0 spiro atoms. The number of carboxylic acid groups (broad SMARTS) is 1. The molecule has 0 aliphatic carbocycles. The van der Waals surface area contributed by atoms with Crippen molar-refractivity contribution in [3.8, 4) is 0 Å². The first-order valence-corrected chi connectivity index (χ1v) is 5.98. The number of hydrogen-bond acceptors (Lipinski definition) is 3. The second kappa shape index (κ2) is 6.22. The molecule has 0 atom stereocenters. The lowest BCUT2D eigenvalue weighted by molar-refractivity contribution is -0.147. The summed E-state index contributed by atoms with van der Waals surface area (Å²) in [6.07, 6.45) is -0.529. The van der Waals surface area contributed by atoms with E-state index in [1.807, 2.05) is 30.3 Å². The van der Waals surface area contributed by atoms with Crippen LogP contribution in [-0.2, 0) is 16.1 Å². The molecule has 19 heavy (non-hydrogen) atoms. The van der Waals surface area contributed by atoms with E-state index in [0.29, 0.717) is 0 Å². The molecular weight excluding hydrogens is 246 g/mol. The molecular formula is C14H19NO4. The number of amides is 1. The van der Waals surface area contributed by atoms with Crippen LogP contribution in [0.3, 0.4) is 0 Å². The highest BCUT2D eigenvalue weighted by Gasteiger charge is 2.30. The first-order valence-electron chi connectivity index (χ1n) is 5.98. The summed E-state index contributed by atoms with van der Waals surface area (Å²) in [5.74, 6) is -0.949. The van der Waals surface area contributed by atoms with Gasteiger partial charge in [0.15, 0.2) is 0 Å². The average Bonchev–Trinajstić information content (AvgIpc) is 2.36. The van der Waals surface area contributed by atoms with Crippen LogP contribution in [0.2, 0.25) is 0 Å². The number of rotatable bonds is 5. The lowest BCUT2D eigenvalue weighted by atomic mass is 9.93. The van der Waals surface area contributed by atoms with Crippen molar-refractivity contribution < 1.29 is 19.4 Å². The third kappa shape index (κ3) is 4.62. The lowest BCUT2D eigenvalue weighted by Gasteiger charge is -2.26. The molecule has 0 aliphatic heterocycles. The summed E-state index contributed by atoms with van der Waals surface area (Å²) >= 11 is 0. The minimum absolute atomic E-state index is 0.0932. The van der Waals surface area contributed by atoms with Crippen molar-refractivity contribution in [1.82, 2.24) is 4.90 Å². The van der Waals surface area contributed by atoms with Gasteiger partial charge in [0, 0.05) is 13.6 Å². The molecule has 0 radical (unpaired) electrons. The molecule has 0 bridgehead atoms. The molecule has 0 aliphatic rings. The van der Waals surface area contributed by atoms with Crippen LogP contribution >= 0.6 is 0 Å². The van der Waals surface area contributed by atoms with Gasteiger partial charge in [-0.3, -0.25) is 4.79 Å². The van der Waals surface area contributed by atoms with Crippen molar-refractivity contribution in [2.75, 3.05) is 13.6 Å². The molecule has 5 nitrogen and oxygen atoms in total. The standard InChI is InChI=1S/C14H19NO4/c1-14(2,12(16)17)10-15(3)13(18)19-9-11-7-5-4-6-8-11/h4-8H,9-10H2,1-3H3,(H,16,17). The third-order valence-corrected chi connectivity index (χ3v) is 2.73. The van der Waals surface area contributed by atoms with Gasteiger partial charge in [0.2, 0.25) is 0 Å². The molecule has 1 amide bonds. The Labute approximate surface area is 112 Å². The molecule has 0 fully saturated rings. The Morgan fingerprint density at radius 3 is 2.37 bits per heavy atom. The Morgan fingerprint density at radius 1 is 1.26 bits per heavy atom. The molecule has 1 aromatic rings. The number of ether oxygens (including phenoxy) is 1. The van der Waals surface area contributed by atoms with Crippen molar-refractivity contribution in [3.05, 3.63) is 35.9 Å². The molecule has 0 heterocycles. The molecule has 0 aromatic heterocycles. The Balaban J connectivity index is 2.48. The third-order valence-electron chi connectivity index (χ3n) is 2.73. The molecule has 0 saturated heterocycles. The fourth-order valence-corrected chi connectivity index (χ4v) is 1.55. The number of nitrogens with zero attached hydrogens (tertiary/aromatic N) is 1. The second-order valence-electron chi connectivity index (χ2n) is 5.09. The van der Waals surface area contributed by atoms with Gasteiger partial charge in [-0.25, -0.2) is 4.79 Å². The minimum Gasteiger partial charge on any atom is -0.481 e. The molecule has 5 heteroatoms. The van der Waals surface area contributed by atoms with Crippen molar-refractivity contribution in [1.29, 1.82) is 0 Å². The molecule has 104 valence electrons. The monoisotopic (exact) mass is 265 g/mol. The van der Waals surface area contributed by atoms with E-state index in [9.17, 15) is 9.59 Å². The zero-order chi connectivity index (χ0) is 14.5. The van der Waals surface area contributed by atoms with Gasteiger partial charge in [-0.15, -0.1) is 0 Å². The summed E-state index contributed by atoms with van der Waals surface area (Å²) in [6.45, 7) is 3.40. The highest BCUT2D eigenvalue weighted by Crippen LogP contribution is 2.17. The van der Waals surface area contributed by atoms with Gasteiger partial charge in [-0.1, -0.05) is 30.3 Å². The van der Waals surface area contributed by atoms with Gasteiger partial charge in [0.05, 0.1) is 5.41 Å². The van der Waals surface area contributed by atoms with E-state index in [-0.39, 0.29) is 13.2 Å². The van der Waals surface area contributed by atoms with Gasteiger partial charge in [0.25, 0.3) is 0 Å². The highest BCUT2D eigenvalue weighted by molar-refractivity contribution is 5.75. The summed E-state index contributed by atoms with van der Waals surface area (Å²) in [5.41, 5.74) is -0.109. The summed E-state index contributed by atoms with van der Waals surface area (Å²) in [4.78, 5) is 24.0. The maximum Gasteiger partial charge on any atom is 0.409 e. The van der Waals surface area contributed by atoms with Gasteiger partial charge in [-0.05, 0) is 19.4 Å². The van der Waals surface area contributed by atoms with Crippen LogP contribution in [0.1, 0.15) is 19.4 Å². The van der Waals surface area contributed by atoms with Crippen molar-refractivity contribution in [2.45, 2.75) is 20.5 Å². The number of benzene rings is 1. The van der Waals surface area contributed by atoms with Crippen LogP contribution in [-0.4, -0.2) is 35.7 Å². The van der Waals surface area contributed by atoms with E-state index in [4.69, 9.17) is 9.84 Å². The SMILES string of the molecule is CN(CC(C)(C)C(=O)O)C(=O)OCc1ccccc1. The lowest BCUT2D eigenvalue weighted by Crippen LogP contribution is -2.40. The van der Waals surface area contributed by atoms with E-state index in [0.717, 1.165) is 5.56 Å². The quantitative estimate of drug-likeness (QED) is 0.887. The molecule has 1 rings (SSSR count). The molecule has 0 saturated carbocycles. The second-order valence-corrected chi connectivity index (χ2v) is 5.09. The first kappa shape index (κ1) is 15.0. The Morgan fingerprint density at radius 2 is 1.84 bits per heavy atom. The zero-order valence-corrected chi connectivity index (χ0v) is 11.4. The maximum absolute atomic E-state index is 11.7. The fraction of sp³-hybridized carbons (Fsp3) is 0.429. The van der Waals surface area contributed by atoms with Gasteiger partial charge in [-0.2, -0.15) is 0 Å². The zero-order valence-electron chi connectivity index (χ0n) is 11.4. The predicted molar refractivity (Wildman–Crippen MR) is 70.7 cm³/mol. The van der Waals surface area contributed by atoms with E-state index in [1.54, 1.807) is 13.8 Å². The normalized spacial score (nSPS) is 10.9. The van der Waals surface area contributed by atoms with E-state index >= 15 is 0 Å². The topological polar surface area (TPSA) is 66.8 Å². The van der Waals surface area contributed by atoms with Gasteiger partial charge < -0.3 is 14.7 Å². The Hall–Kier alpha value is -2.04. The number of carboxylic acids is 1. The van der Waals surface area contributed by atoms with Crippen molar-refractivity contribution in [2.24, 2.45) is 5.41 Å². The van der Waals surface area contributed by atoms with Crippen LogP contribution in [0.15, 0.2) is 30.3 Å². The predicted octanol–water partition coefficient (Wildman–Crippen LogP) is 2.37. The van der Waals surface area contributed by atoms with Crippen LogP contribution in [0.4, 0.5) is 4.79 Å². The Bertz CT molecular complexity index is 442. The summed E-state index contributed by atoms with van der Waals surface area (Å²) < 4.78 is 5.11. The number of hydrogen-bond donors (Lipinski definition) is 1. The van der Waals surface area contributed by atoms with Crippen molar-refractivity contribution in [3.63, 3.8) is 0 Å². The number of carbonyl (C=O) groups excluding carboxylic acids is 1. The maximum atomic E-state index is 11.7. The Kier molecular flexibility index (Phi) is 4.92. The number of aliphatic carboxylic acids is 1.